The summed E-state index contributed by atoms with van der Waals surface area (Å²) in [5.74, 6) is 0.676. The van der Waals surface area contributed by atoms with E-state index in [1.807, 2.05) is 35.9 Å². The molecule has 5 aromatic rings. The van der Waals surface area contributed by atoms with Gasteiger partial charge in [-0.3, -0.25) is 24.6 Å². The van der Waals surface area contributed by atoms with Crippen LogP contribution in [0.2, 0.25) is 0 Å². The van der Waals surface area contributed by atoms with Gasteiger partial charge in [0, 0.05) is 25.1 Å². The third-order valence-corrected chi connectivity index (χ3v) is 5.99. The van der Waals surface area contributed by atoms with Crippen molar-refractivity contribution in [3.63, 3.8) is 0 Å². The highest BCUT2D eigenvalue weighted by atomic mass is 16.5. The van der Waals surface area contributed by atoms with E-state index >= 15 is 0 Å². The zero-order chi connectivity index (χ0) is 22.7. The Morgan fingerprint density at radius 2 is 2.12 bits per heavy atom. The number of aromatic amines is 1. The van der Waals surface area contributed by atoms with Crippen molar-refractivity contribution in [1.29, 1.82) is 0 Å². The SMILES string of the molecule is Cn1c(Nc2nc3c(ncn3[C@H]3C[C@H](O)[C@@H](CO)O3)c(=O)[nH]2)nc2c3cccnc3ccc21. The van der Waals surface area contributed by atoms with Gasteiger partial charge < -0.3 is 19.5 Å². The first-order chi connectivity index (χ1) is 16.0. The molecule has 12 heteroatoms. The van der Waals surface area contributed by atoms with E-state index in [0.29, 0.717) is 11.6 Å². The molecule has 0 bridgehead atoms. The number of fused-ring (bicyclic) bond motifs is 4. The Balaban J connectivity index is 1.41. The second-order valence-electron chi connectivity index (χ2n) is 7.98. The fourth-order valence-corrected chi connectivity index (χ4v) is 4.27. The Morgan fingerprint density at radius 1 is 1.24 bits per heavy atom. The van der Waals surface area contributed by atoms with Crippen LogP contribution in [0.25, 0.3) is 33.1 Å². The number of rotatable bonds is 4. The van der Waals surface area contributed by atoms with E-state index in [2.05, 4.69) is 25.3 Å². The minimum Gasteiger partial charge on any atom is -0.394 e. The monoisotopic (exact) mass is 448 g/mol. The molecule has 0 amide bonds. The number of H-pyrrole nitrogens is 1. The molecule has 5 heterocycles. The van der Waals surface area contributed by atoms with Crippen LogP contribution in [0.4, 0.5) is 11.9 Å². The van der Waals surface area contributed by atoms with Gasteiger partial charge in [-0.2, -0.15) is 4.98 Å². The summed E-state index contributed by atoms with van der Waals surface area (Å²) in [5.41, 5.74) is 2.54. The number of aliphatic hydroxyl groups excluding tert-OH is 2. The first-order valence-corrected chi connectivity index (χ1v) is 10.4. The minimum atomic E-state index is -0.818. The Kier molecular flexibility index (Phi) is 4.40. The molecule has 0 unspecified atom stereocenters. The van der Waals surface area contributed by atoms with E-state index in [0.717, 1.165) is 21.9 Å². The highest BCUT2D eigenvalue weighted by molar-refractivity contribution is 6.03. The lowest BCUT2D eigenvalue weighted by atomic mass is 10.2. The smallest absolute Gasteiger partial charge is 0.280 e. The number of hydrogen-bond acceptors (Lipinski definition) is 9. The van der Waals surface area contributed by atoms with Crippen LogP contribution in [0.1, 0.15) is 12.6 Å². The molecule has 0 radical (unpaired) electrons. The van der Waals surface area contributed by atoms with Gasteiger partial charge in [0.25, 0.3) is 5.56 Å². The molecule has 1 aromatic carbocycles. The molecule has 1 saturated heterocycles. The number of pyridine rings is 1. The number of hydrogen-bond donors (Lipinski definition) is 4. The number of ether oxygens (including phenoxy) is 1. The summed E-state index contributed by atoms with van der Waals surface area (Å²) < 4.78 is 9.15. The van der Waals surface area contributed by atoms with E-state index in [9.17, 15) is 15.0 Å². The molecule has 0 saturated carbocycles. The molecule has 3 atom stereocenters. The Labute approximate surface area is 185 Å². The van der Waals surface area contributed by atoms with Gasteiger partial charge in [0.2, 0.25) is 11.9 Å². The van der Waals surface area contributed by atoms with E-state index in [1.54, 1.807) is 10.8 Å². The van der Waals surface area contributed by atoms with Crippen molar-refractivity contribution in [1.82, 2.24) is 34.1 Å². The van der Waals surface area contributed by atoms with Crippen molar-refractivity contribution < 1.29 is 14.9 Å². The number of nitrogens with zero attached hydrogens (tertiary/aromatic N) is 6. The lowest BCUT2D eigenvalue weighted by molar-refractivity contribution is -0.0432. The molecule has 1 aliphatic rings. The van der Waals surface area contributed by atoms with Gasteiger partial charge in [-0.1, -0.05) is 0 Å². The Morgan fingerprint density at radius 3 is 2.94 bits per heavy atom. The number of nitrogens with one attached hydrogen (secondary N) is 2. The third-order valence-electron chi connectivity index (χ3n) is 5.99. The zero-order valence-corrected chi connectivity index (χ0v) is 17.5. The van der Waals surface area contributed by atoms with Crippen molar-refractivity contribution in [2.24, 2.45) is 7.05 Å². The number of anilines is 2. The summed E-state index contributed by atoms with van der Waals surface area (Å²) >= 11 is 0. The largest absolute Gasteiger partial charge is 0.394 e. The summed E-state index contributed by atoms with van der Waals surface area (Å²) in [5, 5.41) is 23.4. The predicted octanol–water partition coefficient (Wildman–Crippen LogP) is 0.939. The molecule has 33 heavy (non-hydrogen) atoms. The Bertz CT molecular complexity index is 1570. The van der Waals surface area contributed by atoms with Crippen LogP contribution >= 0.6 is 0 Å². The second-order valence-corrected chi connectivity index (χ2v) is 7.98. The maximum atomic E-state index is 12.7. The summed E-state index contributed by atoms with van der Waals surface area (Å²) in [6.45, 7) is -0.304. The highest BCUT2D eigenvalue weighted by Crippen LogP contribution is 2.31. The third kappa shape index (κ3) is 3.07. The molecular weight excluding hydrogens is 428 g/mol. The van der Waals surface area contributed by atoms with Crippen molar-refractivity contribution in [3.05, 3.63) is 47.1 Å². The van der Waals surface area contributed by atoms with Crippen LogP contribution in [0.5, 0.6) is 0 Å². The molecule has 1 aliphatic heterocycles. The summed E-state index contributed by atoms with van der Waals surface area (Å²) in [6.07, 6.45) is 1.32. The van der Waals surface area contributed by atoms with Gasteiger partial charge in [0.05, 0.1) is 30.1 Å². The van der Waals surface area contributed by atoms with Gasteiger partial charge in [0.15, 0.2) is 11.2 Å². The topological polar surface area (TPSA) is 156 Å². The quantitative estimate of drug-likeness (QED) is 0.314. The molecular formula is C21H20N8O4. The number of aliphatic hydroxyl groups is 2. The average Bonchev–Trinajstić information content (AvgIpc) is 3.49. The number of benzene rings is 1. The maximum Gasteiger partial charge on any atom is 0.280 e. The molecule has 6 rings (SSSR count). The number of aromatic nitrogens is 7. The highest BCUT2D eigenvalue weighted by Gasteiger charge is 2.35. The van der Waals surface area contributed by atoms with E-state index in [1.165, 1.54) is 6.33 Å². The van der Waals surface area contributed by atoms with Crippen molar-refractivity contribution in [2.75, 3.05) is 11.9 Å². The molecule has 1 fully saturated rings. The maximum absolute atomic E-state index is 12.7. The summed E-state index contributed by atoms with van der Waals surface area (Å²) in [6, 6.07) is 7.70. The van der Waals surface area contributed by atoms with Crippen molar-refractivity contribution in [3.8, 4) is 0 Å². The number of aryl methyl sites for hydroxylation is 1. The lowest BCUT2D eigenvalue weighted by Gasteiger charge is -2.14. The number of imidazole rings is 2. The van der Waals surface area contributed by atoms with Crippen LogP contribution in [0.3, 0.4) is 0 Å². The van der Waals surface area contributed by atoms with Gasteiger partial charge in [-0.25, -0.2) is 9.97 Å². The molecule has 4 aromatic heterocycles. The van der Waals surface area contributed by atoms with Crippen LogP contribution < -0.4 is 10.9 Å². The second kappa shape index (κ2) is 7.33. The standard InChI is InChI=1S/C21H20N8O4/c1-28-12-5-4-11-10(3-2-6-22-11)16(12)24-21(28)27-20-25-18-17(19(32)26-20)23-9-29(18)15-7-13(31)14(8-30)33-15/h2-6,9,13-15,30-31H,7-8H2,1H3,(H2,24,25,26,27,32)/t13-,14+,15+/m0/s1. The molecule has 0 spiro atoms. The van der Waals surface area contributed by atoms with Crippen molar-refractivity contribution >= 4 is 45.0 Å². The fraction of sp³-hybridized carbons (Fsp3) is 0.286. The van der Waals surface area contributed by atoms with Crippen molar-refractivity contribution in [2.45, 2.75) is 24.9 Å². The first kappa shape index (κ1) is 19.8. The van der Waals surface area contributed by atoms with Gasteiger partial charge in [-0.05, 0) is 24.3 Å². The minimum absolute atomic E-state index is 0.146. The zero-order valence-electron chi connectivity index (χ0n) is 17.5. The van der Waals surface area contributed by atoms with Gasteiger partial charge in [-0.15, -0.1) is 0 Å². The van der Waals surface area contributed by atoms with E-state index in [4.69, 9.17) is 9.72 Å². The van der Waals surface area contributed by atoms with Crippen LogP contribution in [0.15, 0.2) is 41.6 Å². The normalized spacial score (nSPS) is 20.9. The molecule has 4 N–H and O–H groups in total. The molecule has 168 valence electrons. The fourth-order valence-electron chi connectivity index (χ4n) is 4.27. The molecule has 0 aliphatic carbocycles. The summed E-state index contributed by atoms with van der Waals surface area (Å²) in [4.78, 5) is 33.1. The van der Waals surface area contributed by atoms with Crippen LogP contribution in [-0.2, 0) is 11.8 Å². The predicted molar refractivity (Wildman–Crippen MR) is 119 cm³/mol. The first-order valence-electron chi connectivity index (χ1n) is 10.4. The van der Waals surface area contributed by atoms with E-state index in [-0.39, 0.29) is 24.5 Å². The Hall–Kier alpha value is -3.87. The average molecular weight is 448 g/mol. The summed E-state index contributed by atoms with van der Waals surface area (Å²) in [7, 11) is 1.86. The van der Waals surface area contributed by atoms with E-state index < -0.39 is 24.0 Å². The van der Waals surface area contributed by atoms with Gasteiger partial charge >= 0.3 is 0 Å². The van der Waals surface area contributed by atoms with Crippen LogP contribution in [-0.4, -0.2) is 63.1 Å². The van der Waals surface area contributed by atoms with Crippen LogP contribution in [0, 0.1) is 0 Å². The van der Waals surface area contributed by atoms with Gasteiger partial charge in [0.1, 0.15) is 17.8 Å². The lowest BCUT2D eigenvalue weighted by Crippen LogP contribution is -2.24. The molecule has 12 nitrogen and oxygen atoms in total.